The average Bonchev–Trinajstić information content (AvgIpc) is 2.77. The SMILES string of the molecule is CC(=O)Nc1ccc2c(c1O)C(=O)C1=C(O)[C@]3(O)C(=O)C(C(N)=O)=C(O)[C@@H](N(C)C)[C@@H]3[C@@H](O)[C@@H]1[C@H]2C. The molecule has 0 radical (unpaired) electrons. The summed E-state index contributed by atoms with van der Waals surface area (Å²) in [6, 6.07) is 1.55. The zero-order valence-electron chi connectivity index (χ0n) is 19.9. The Kier molecular flexibility index (Phi) is 5.74. The number of aromatic hydroxyl groups is 1. The number of carbonyl (C=O) groups is 4. The number of hydrogen-bond acceptors (Lipinski definition) is 10. The van der Waals surface area contributed by atoms with Gasteiger partial charge in [-0.25, -0.2) is 0 Å². The summed E-state index contributed by atoms with van der Waals surface area (Å²) >= 11 is 0. The van der Waals surface area contributed by atoms with E-state index in [1.807, 2.05) is 0 Å². The molecule has 0 fully saturated rings. The molecule has 36 heavy (non-hydrogen) atoms. The predicted octanol–water partition coefficient (Wildman–Crippen LogP) is -0.389. The van der Waals surface area contributed by atoms with E-state index in [1.54, 1.807) is 6.92 Å². The molecule has 0 aromatic heterocycles. The number of phenols is 1. The van der Waals surface area contributed by atoms with Crippen molar-refractivity contribution in [2.45, 2.75) is 37.5 Å². The van der Waals surface area contributed by atoms with Crippen LogP contribution in [0.1, 0.15) is 35.7 Å². The maximum absolute atomic E-state index is 13.6. The van der Waals surface area contributed by atoms with Crippen LogP contribution < -0.4 is 11.1 Å². The van der Waals surface area contributed by atoms with Gasteiger partial charge in [-0.2, -0.15) is 0 Å². The van der Waals surface area contributed by atoms with Crippen molar-refractivity contribution in [2.75, 3.05) is 19.4 Å². The predicted molar refractivity (Wildman–Crippen MR) is 124 cm³/mol. The Balaban J connectivity index is 2.02. The lowest BCUT2D eigenvalue weighted by atomic mass is 9.55. The Bertz CT molecular complexity index is 1300. The summed E-state index contributed by atoms with van der Waals surface area (Å²) in [6.07, 6.45) is -1.67. The van der Waals surface area contributed by atoms with Gasteiger partial charge in [0, 0.05) is 18.4 Å². The van der Waals surface area contributed by atoms with Crippen LogP contribution in [0.2, 0.25) is 0 Å². The van der Waals surface area contributed by atoms with Crippen LogP contribution in [0.15, 0.2) is 34.8 Å². The molecule has 0 heterocycles. The summed E-state index contributed by atoms with van der Waals surface area (Å²) in [5.74, 6) is -10.2. The molecule has 3 aliphatic rings. The summed E-state index contributed by atoms with van der Waals surface area (Å²) in [5, 5.41) is 58.4. The van der Waals surface area contributed by atoms with E-state index in [2.05, 4.69) is 5.32 Å². The van der Waals surface area contributed by atoms with Gasteiger partial charge in [-0.05, 0) is 31.6 Å². The van der Waals surface area contributed by atoms with Crippen LogP contribution in [0.25, 0.3) is 0 Å². The van der Waals surface area contributed by atoms with Gasteiger partial charge in [0.2, 0.25) is 11.7 Å². The van der Waals surface area contributed by atoms with E-state index in [0.717, 1.165) is 0 Å². The first-order chi connectivity index (χ1) is 16.7. The van der Waals surface area contributed by atoms with Gasteiger partial charge in [-0.1, -0.05) is 13.0 Å². The molecular formula is C24H27N3O9. The molecule has 2 amide bonds. The smallest absolute Gasteiger partial charge is 0.255 e. The molecule has 6 atom stereocenters. The molecule has 1 aromatic carbocycles. The lowest BCUT2D eigenvalue weighted by Crippen LogP contribution is -2.68. The molecule has 0 saturated carbocycles. The number of aliphatic hydroxyl groups excluding tert-OH is 3. The summed E-state index contributed by atoms with van der Waals surface area (Å²) in [5.41, 5.74) is 0.789. The Morgan fingerprint density at radius 3 is 2.28 bits per heavy atom. The Morgan fingerprint density at radius 2 is 1.75 bits per heavy atom. The summed E-state index contributed by atoms with van der Waals surface area (Å²) in [4.78, 5) is 51.8. The first kappa shape index (κ1) is 25.4. The second-order valence-electron chi connectivity index (χ2n) is 9.66. The number of phenolic OH excluding ortho intramolecular Hbond substituents is 1. The average molecular weight is 501 g/mol. The number of hydrogen-bond donors (Lipinski definition) is 7. The van der Waals surface area contributed by atoms with Gasteiger partial charge in [-0.15, -0.1) is 0 Å². The lowest BCUT2D eigenvalue weighted by molar-refractivity contribution is -0.162. The number of nitrogens with one attached hydrogen (secondary N) is 1. The topological polar surface area (TPSA) is 211 Å². The quantitative estimate of drug-likeness (QED) is 0.211. The number of likely N-dealkylation sites (N-methyl/N-ethyl adjacent to an activating group) is 1. The summed E-state index contributed by atoms with van der Waals surface area (Å²) < 4.78 is 0. The fourth-order valence-corrected chi connectivity index (χ4v) is 5.91. The van der Waals surface area contributed by atoms with Crippen LogP contribution in [-0.2, 0) is 14.4 Å². The summed E-state index contributed by atoms with van der Waals surface area (Å²) in [7, 11) is 2.93. The molecule has 4 rings (SSSR count). The number of fused-ring (bicyclic) bond motifs is 3. The van der Waals surface area contributed by atoms with Gasteiger partial charge in [-0.3, -0.25) is 24.1 Å². The van der Waals surface area contributed by atoms with Gasteiger partial charge in [0.1, 0.15) is 17.1 Å². The third-order valence-electron chi connectivity index (χ3n) is 7.44. The van der Waals surface area contributed by atoms with Crippen molar-refractivity contribution in [1.29, 1.82) is 0 Å². The second kappa shape index (κ2) is 8.15. The standard InChI is InChI=1S/C24H27N3O9/c1-7-9-5-6-10(26-8(2)28)17(29)12(9)18(30)13-11(7)19(31)15-16(27(3)4)20(32)14(23(25)35)22(34)24(15,36)21(13)33/h5-7,11,15-16,19,29,31-33,36H,1-4H3,(H2,25,35)(H,26,28)/t7-,11+,15+,16-,19-,24-/m0/s1. The van der Waals surface area contributed by atoms with Crippen molar-refractivity contribution < 1.29 is 44.7 Å². The zero-order valence-corrected chi connectivity index (χ0v) is 19.9. The van der Waals surface area contributed by atoms with E-state index >= 15 is 0 Å². The van der Waals surface area contributed by atoms with Gasteiger partial charge in [0.25, 0.3) is 5.91 Å². The third kappa shape index (κ3) is 3.11. The number of primary amides is 1. The van der Waals surface area contributed by atoms with Crippen LogP contribution in [0.4, 0.5) is 5.69 Å². The maximum atomic E-state index is 13.6. The second-order valence-corrected chi connectivity index (χ2v) is 9.66. The maximum Gasteiger partial charge on any atom is 0.255 e. The Labute approximate surface area is 205 Å². The number of carbonyl (C=O) groups excluding carboxylic acids is 4. The molecule has 0 spiro atoms. The molecule has 192 valence electrons. The number of amides is 2. The molecule has 0 saturated heterocycles. The van der Waals surface area contributed by atoms with Gasteiger partial charge < -0.3 is 36.6 Å². The largest absolute Gasteiger partial charge is 0.510 e. The van der Waals surface area contributed by atoms with Gasteiger partial charge in [0.05, 0.1) is 29.3 Å². The molecule has 3 aliphatic carbocycles. The van der Waals surface area contributed by atoms with Crippen molar-refractivity contribution in [3.8, 4) is 5.75 Å². The van der Waals surface area contributed by atoms with Gasteiger partial charge >= 0.3 is 0 Å². The highest BCUT2D eigenvalue weighted by atomic mass is 16.4. The fourth-order valence-electron chi connectivity index (χ4n) is 5.91. The van der Waals surface area contributed by atoms with Gasteiger partial charge in [0.15, 0.2) is 17.1 Å². The van der Waals surface area contributed by atoms with Crippen molar-refractivity contribution >= 4 is 29.1 Å². The highest BCUT2D eigenvalue weighted by Crippen LogP contribution is 2.55. The number of rotatable bonds is 3. The van der Waals surface area contributed by atoms with E-state index in [1.165, 1.54) is 38.1 Å². The van der Waals surface area contributed by atoms with Crippen molar-refractivity contribution in [3.63, 3.8) is 0 Å². The van der Waals surface area contributed by atoms with Crippen molar-refractivity contribution in [2.24, 2.45) is 17.6 Å². The Morgan fingerprint density at radius 1 is 1.14 bits per heavy atom. The number of nitrogens with zero attached hydrogens (tertiary/aromatic N) is 1. The Hall–Kier alpha value is -3.74. The normalized spacial score (nSPS) is 31.7. The van der Waals surface area contributed by atoms with E-state index in [4.69, 9.17) is 5.73 Å². The summed E-state index contributed by atoms with van der Waals surface area (Å²) in [6.45, 7) is 2.82. The minimum absolute atomic E-state index is 0.0708. The zero-order chi connectivity index (χ0) is 27.0. The fraction of sp³-hybridized carbons (Fsp3) is 0.417. The van der Waals surface area contributed by atoms with E-state index in [0.29, 0.717) is 5.56 Å². The molecule has 8 N–H and O–H groups in total. The highest BCUT2D eigenvalue weighted by Gasteiger charge is 2.67. The van der Waals surface area contributed by atoms with Crippen LogP contribution in [0.3, 0.4) is 0 Å². The number of anilines is 1. The third-order valence-corrected chi connectivity index (χ3v) is 7.44. The van der Waals surface area contributed by atoms with Crippen molar-refractivity contribution in [3.05, 3.63) is 45.9 Å². The molecule has 0 bridgehead atoms. The van der Waals surface area contributed by atoms with Crippen LogP contribution >= 0.6 is 0 Å². The molecule has 12 nitrogen and oxygen atoms in total. The molecule has 12 heteroatoms. The molecule has 0 aliphatic heterocycles. The van der Waals surface area contributed by atoms with Crippen LogP contribution in [0, 0.1) is 11.8 Å². The molecule has 0 unspecified atom stereocenters. The number of Topliss-reactive ketones (excluding diaryl/α,β-unsaturated/α-hetero) is 2. The first-order valence-corrected chi connectivity index (χ1v) is 11.1. The van der Waals surface area contributed by atoms with Crippen LogP contribution in [-0.4, -0.2) is 85.7 Å². The highest BCUT2D eigenvalue weighted by molar-refractivity contribution is 6.25. The van der Waals surface area contributed by atoms with E-state index in [-0.39, 0.29) is 11.3 Å². The number of nitrogens with two attached hydrogens (primary N) is 1. The van der Waals surface area contributed by atoms with Crippen LogP contribution in [0.5, 0.6) is 5.75 Å². The van der Waals surface area contributed by atoms with Crippen molar-refractivity contribution in [1.82, 2.24) is 4.90 Å². The lowest BCUT2D eigenvalue weighted by Gasteiger charge is -2.53. The number of benzene rings is 1. The number of aliphatic hydroxyl groups is 4. The minimum atomic E-state index is -2.98. The van der Waals surface area contributed by atoms with E-state index in [9.17, 15) is 44.7 Å². The molecular weight excluding hydrogens is 474 g/mol. The monoisotopic (exact) mass is 501 g/mol. The number of ketones is 2. The molecule has 1 aromatic rings. The minimum Gasteiger partial charge on any atom is -0.510 e. The van der Waals surface area contributed by atoms with E-state index < -0.39 is 87.3 Å². The first-order valence-electron chi connectivity index (χ1n) is 11.1.